The second kappa shape index (κ2) is 10.9. The first-order valence-electron chi connectivity index (χ1n) is 10.2. The lowest BCUT2D eigenvalue weighted by Crippen LogP contribution is -2.35. The summed E-state index contributed by atoms with van der Waals surface area (Å²) in [5, 5.41) is -0.518. The number of hydrogen-bond donors (Lipinski definition) is 0. The minimum absolute atomic E-state index is 0.208. The zero-order valence-electron chi connectivity index (χ0n) is 18.7. The number of ether oxygens (including phenoxy) is 3. The third-order valence-electron chi connectivity index (χ3n) is 4.54. The molecule has 3 rings (SSSR count). The van der Waals surface area contributed by atoms with Crippen LogP contribution in [0, 0.1) is 6.92 Å². The lowest BCUT2D eigenvalue weighted by molar-refractivity contribution is -0.149. The number of amides is 2. The zero-order chi connectivity index (χ0) is 24.1. The molecule has 7 nitrogen and oxygen atoms in total. The van der Waals surface area contributed by atoms with Crippen LogP contribution in [0.1, 0.15) is 30.5 Å². The molecule has 0 radical (unpaired) electrons. The molecule has 1 saturated heterocycles. The maximum absolute atomic E-state index is 12.7. The number of rotatable bonds is 8. The van der Waals surface area contributed by atoms with Crippen molar-refractivity contribution in [2.75, 3.05) is 13.7 Å². The van der Waals surface area contributed by atoms with Crippen LogP contribution in [-0.2, 0) is 20.9 Å². The largest absolute Gasteiger partial charge is 0.493 e. The summed E-state index contributed by atoms with van der Waals surface area (Å²) in [5.41, 5.74) is 2.80. The summed E-state index contributed by atoms with van der Waals surface area (Å²) in [5.74, 6) is -0.169. The van der Waals surface area contributed by atoms with Gasteiger partial charge in [0.25, 0.3) is 11.1 Å². The van der Waals surface area contributed by atoms with Crippen LogP contribution in [0.4, 0.5) is 4.79 Å². The van der Waals surface area contributed by atoms with Gasteiger partial charge in [0.2, 0.25) is 0 Å². The van der Waals surface area contributed by atoms with Gasteiger partial charge in [0.1, 0.15) is 13.2 Å². The summed E-state index contributed by atoms with van der Waals surface area (Å²) in [6.07, 6.45) is 1.25. The Labute approximate surface area is 205 Å². The molecule has 0 aromatic heterocycles. The molecule has 1 fully saturated rings. The van der Waals surface area contributed by atoms with Crippen LogP contribution in [0.25, 0.3) is 6.08 Å². The Balaban J connectivity index is 1.78. The van der Waals surface area contributed by atoms with Gasteiger partial charge in [-0.25, -0.2) is 0 Å². The van der Waals surface area contributed by atoms with Crippen LogP contribution in [0.2, 0.25) is 0 Å². The highest BCUT2D eigenvalue weighted by Gasteiger charge is 2.36. The van der Waals surface area contributed by atoms with Crippen molar-refractivity contribution < 1.29 is 28.6 Å². The van der Waals surface area contributed by atoms with Gasteiger partial charge >= 0.3 is 5.97 Å². The molecular weight excluding hydrogens is 510 g/mol. The lowest BCUT2D eigenvalue weighted by Gasteiger charge is -2.14. The number of methoxy groups -OCH3 is 1. The number of imide groups is 1. The number of carbonyl (C=O) groups excluding carboxylic acids is 3. The fourth-order valence-corrected chi connectivity index (χ4v) is 4.55. The molecule has 0 N–H and O–H groups in total. The molecule has 9 heteroatoms. The second-order valence-corrected chi connectivity index (χ2v) is 9.47. The Morgan fingerprint density at radius 2 is 1.97 bits per heavy atom. The molecule has 0 unspecified atom stereocenters. The lowest BCUT2D eigenvalue weighted by atomic mass is 10.1. The van der Waals surface area contributed by atoms with Crippen molar-refractivity contribution in [1.29, 1.82) is 0 Å². The SMILES string of the molecule is COc1cc(/C=C2/SC(=O)N(CC(=O)OC(C)C)C2=O)cc(Br)c1OCc1cccc(C)c1. The van der Waals surface area contributed by atoms with Crippen LogP contribution in [0.15, 0.2) is 45.8 Å². The van der Waals surface area contributed by atoms with Gasteiger partial charge in [0.15, 0.2) is 11.5 Å². The molecule has 0 aliphatic carbocycles. The topological polar surface area (TPSA) is 82.1 Å². The van der Waals surface area contributed by atoms with Crippen LogP contribution in [0.5, 0.6) is 11.5 Å². The number of thioether (sulfide) groups is 1. The van der Waals surface area contributed by atoms with Gasteiger partial charge in [-0.2, -0.15) is 0 Å². The van der Waals surface area contributed by atoms with Crippen molar-refractivity contribution in [2.24, 2.45) is 0 Å². The Hall–Kier alpha value is -2.78. The molecule has 0 bridgehead atoms. The number of aryl methyl sites for hydroxylation is 1. The minimum atomic E-state index is -0.631. The van der Waals surface area contributed by atoms with E-state index in [0.29, 0.717) is 28.1 Å². The van der Waals surface area contributed by atoms with Crippen molar-refractivity contribution in [1.82, 2.24) is 4.90 Å². The van der Waals surface area contributed by atoms with E-state index in [4.69, 9.17) is 14.2 Å². The molecule has 0 saturated carbocycles. The summed E-state index contributed by atoms with van der Waals surface area (Å²) < 4.78 is 17.1. The Kier molecular flexibility index (Phi) is 8.20. The van der Waals surface area contributed by atoms with Crippen LogP contribution in [0.3, 0.4) is 0 Å². The Bertz CT molecular complexity index is 1110. The van der Waals surface area contributed by atoms with E-state index >= 15 is 0 Å². The second-order valence-electron chi connectivity index (χ2n) is 7.62. The highest BCUT2D eigenvalue weighted by molar-refractivity contribution is 9.10. The van der Waals surface area contributed by atoms with E-state index in [0.717, 1.165) is 27.8 Å². The number of esters is 1. The van der Waals surface area contributed by atoms with Gasteiger partial charge in [-0.1, -0.05) is 29.8 Å². The number of nitrogens with zero attached hydrogens (tertiary/aromatic N) is 1. The van der Waals surface area contributed by atoms with Crippen molar-refractivity contribution in [3.05, 3.63) is 62.5 Å². The summed E-state index contributed by atoms with van der Waals surface area (Å²) in [6.45, 7) is 5.36. The van der Waals surface area contributed by atoms with Gasteiger partial charge < -0.3 is 14.2 Å². The summed E-state index contributed by atoms with van der Waals surface area (Å²) in [7, 11) is 1.53. The van der Waals surface area contributed by atoms with E-state index in [1.54, 1.807) is 32.1 Å². The van der Waals surface area contributed by atoms with Crippen molar-refractivity contribution >= 4 is 50.9 Å². The molecule has 1 aliphatic rings. The maximum atomic E-state index is 12.7. The Morgan fingerprint density at radius 1 is 1.21 bits per heavy atom. The molecule has 33 heavy (non-hydrogen) atoms. The fourth-order valence-electron chi connectivity index (χ4n) is 3.14. The molecule has 1 heterocycles. The van der Waals surface area contributed by atoms with E-state index in [-0.39, 0.29) is 11.0 Å². The maximum Gasteiger partial charge on any atom is 0.326 e. The van der Waals surface area contributed by atoms with Gasteiger partial charge in [-0.05, 0) is 77.8 Å². The quantitative estimate of drug-likeness (QED) is 0.334. The van der Waals surface area contributed by atoms with E-state index in [9.17, 15) is 14.4 Å². The number of carbonyl (C=O) groups is 3. The highest BCUT2D eigenvalue weighted by Crippen LogP contribution is 2.39. The molecular formula is C24H24BrNO6S. The molecule has 2 amide bonds. The van der Waals surface area contributed by atoms with E-state index < -0.39 is 23.7 Å². The molecule has 2 aromatic rings. The molecule has 0 spiro atoms. The minimum Gasteiger partial charge on any atom is -0.493 e. The first kappa shape index (κ1) is 24.9. The third-order valence-corrected chi connectivity index (χ3v) is 6.04. The van der Waals surface area contributed by atoms with Gasteiger partial charge in [0, 0.05) is 0 Å². The molecule has 0 atom stereocenters. The first-order valence-corrected chi connectivity index (χ1v) is 11.8. The third kappa shape index (κ3) is 6.39. The van der Waals surface area contributed by atoms with Gasteiger partial charge in [-0.15, -0.1) is 0 Å². The molecule has 1 aliphatic heterocycles. The average Bonchev–Trinajstić information content (AvgIpc) is 2.99. The molecule has 2 aromatic carbocycles. The summed E-state index contributed by atoms with van der Waals surface area (Å²) >= 11 is 4.28. The fraction of sp³-hybridized carbons (Fsp3) is 0.292. The van der Waals surface area contributed by atoms with Gasteiger partial charge in [-0.3, -0.25) is 19.3 Å². The zero-order valence-corrected chi connectivity index (χ0v) is 21.1. The van der Waals surface area contributed by atoms with Crippen molar-refractivity contribution in [3.8, 4) is 11.5 Å². The number of halogens is 1. The van der Waals surface area contributed by atoms with E-state index in [1.807, 2.05) is 31.2 Å². The Morgan fingerprint density at radius 3 is 2.64 bits per heavy atom. The van der Waals surface area contributed by atoms with E-state index in [2.05, 4.69) is 15.9 Å². The normalized spacial score (nSPS) is 14.8. The average molecular weight is 534 g/mol. The van der Waals surface area contributed by atoms with Crippen LogP contribution >= 0.6 is 27.7 Å². The summed E-state index contributed by atoms with van der Waals surface area (Å²) in [4.78, 5) is 37.9. The number of hydrogen-bond acceptors (Lipinski definition) is 7. The van der Waals surface area contributed by atoms with Gasteiger partial charge in [0.05, 0.1) is 22.6 Å². The monoisotopic (exact) mass is 533 g/mol. The predicted molar refractivity (Wildman–Crippen MR) is 130 cm³/mol. The van der Waals surface area contributed by atoms with Crippen molar-refractivity contribution in [3.63, 3.8) is 0 Å². The smallest absolute Gasteiger partial charge is 0.326 e. The van der Waals surface area contributed by atoms with Crippen LogP contribution < -0.4 is 9.47 Å². The van der Waals surface area contributed by atoms with E-state index in [1.165, 1.54) is 7.11 Å². The highest BCUT2D eigenvalue weighted by atomic mass is 79.9. The first-order chi connectivity index (χ1) is 15.7. The predicted octanol–water partition coefficient (Wildman–Crippen LogP) is 5.33. The number of benzene rings is 2. The standard InChI is InChI=1S/C24H24BrNO6S/c1-14(2)32-21(27)12-26-23(28)20(33-24(26)29)11-17-9-18(25)22(19(10-17)30-4)31-13-16-7-5-6-15(3)8-16/h5-11,14H,12-13H2,1-4H3/b20-11+. The summed E-state index contributed by atoms with van der Waals surface area (Å²) in [6, 6.07) is 11.5. The van der Waals surface area contributed by atoms with Crippen LogP contribution in [-0.4, -0.2) is 41.8 Å². The molecule has 174 valence electrons. The van der Waals surface area contributed by atoms with Crippen molar-refractivity contribution in [2.45, 2.75) is 33.5 Å².